The summed E-state index contributed by atoms with van der Waals surface area (Å²) in [6, 6.07) is 31.3. The molecule has 4 atom stereocenters. The van der Waals surface area contributed by atoms with Gasteiger partial charge in [0.2, 0.25) is 23.6 Å². The van der Waals surface area contributed by atoms with Crippen molar-refractivity contribution in [1.29, 1.82) is 0 Å². The maximum Gasteiger partial charge on any atom is 0.329 e. The van der Waals surface area contributed by atoms with Crippen LogP contribution in [0.1, 0.15) is 34.4 Å². The Bertz CT molecular complexity index is 2390. The Labute approximate surface area is 356 Å². The summed E-state index contributed by atoms with van der Waals surface area (Å²) in [5.74, 6) is -4.32. The molecule has 13 nitrogen and oxygen atoms in total. The lowest BCUT2D eigenvalue weighted by molar-refractivity contribution is -0.143. The molecule has 1 aliphatic carbocycles. The Hall–Kier alpha value is -7.06. The minimum Gasteiger partial charge on any atom is -0.484 e. The zero-order valence-corrected chi connectivity index (χ0v) is 33.9. The van der Waals surface area contributed by atoms with Crippen molar-refractivity contribution >= 4 is 52.4 Å². The summed E-state index contributed by atoms with van der Waals surface area (Å²) < 4.78 is 5.76. The molecule has 4 unspecified atom stereocenters. The van der Waals surface area contributed by atoms with E-state index in [9.17, 15) is 33.9 Å². The van der Waals surface area contributed by atoms with Crippen LogP contribution in [0.4, 0.5) is 0 Å². The van der Waals surface area contributed by atoms with Gasteiger partial charge in [-0.2, -0.15) is 0 Å². The van der Waals surface area contributed by atoms with E-state index in [1.54, 1.807) is 60.7 Å². The molecule has 14 heteroatoms. The van der Waals surface area contributed by atoms with Crippen LogP contribution in [0.2, 0.25) is 0 Å². The molecule has 0 spiro atoms. The van der Waals surface area contributed by atoms with Gasteiger partial charge in [-0.25, -0.2) is 4.79 Å². The van der Waals surface area contributed by atoms with Gasteiger partial charge in [-0.05, 0) is 69.8 Å². The van der Waals surface area contributed by atoms with Crippen LogP contribution >= 0.6 is 11.3 Å². The first-order chi connectivity index (χ1) is 29.5. The number of ether oxygens (including phenoxy) is 1. The van der Waals surface area contributed by atoms with Crippen LogP contribution in [-0.2, 0) is 48.0 Å². The zero-order valence-electron chi connectivity index (χ0n) is 33.1. The molecule has 5 aromatic rings. The quantitative estimate of drug-likeness (QED) is 0.113. The first-order valence-corrected chi connectivity index (χ1v) is 20.7. The number of hydrogen-bond acceptors (Lipinski definition) is 8. The fourth-order valence-electron chi connectivity index (χ4n) is 7.04. The van der Waals surface area contributed by atoms with E-state index in [0.29, 0.717) is 32.9 Å². The van der Waals surface area contributed by atoms with Crippen LogP contribution in [0.5, 0.6) is 5.75 Å². The second-order valence-electron chi connectivity index (χ2n) is 15.2. The molecule has 1 aromatic heterocycles. The molecule has 2 bridgehead atoms. The number of carboxylic acids is 1. The number of nitrogens with one attached hydrogen (secondary N) is 5. The molecule has 2 aliphatic heterocycles. The Balaban J connectivity index is 1.24. The second-order valence-corrected chi connectivity index (χ2v) is 16.1. The third kappa shape index (κ3) is 10.8. The van der Waals surface area contributed by atoms with Crippen LogP contribution < -0.4 is 31.3 Å². The second kappa shape index (κ2) is 18.9. The highest BCUT2D eigenvalue weighted by atomic mass is 32.1. The lowest BCUT2D eigenvalue weighted by Gasteiger charge is -2.27. The molecule has 61 heavy (non-hydrogen) atoms. The zero-order chi connectivity index (χ0) is 42.9. The van der Waals surface area contributed by atoms with Crippen LogP contribution in [0.25, 0.3) is 16.7 Å². The summed E-state index contributed by atoms with van der Waals surface area (Å²) in [6.07, 6.45) is 0.454. The molecular formula is C47H45N5O8S. The predicted octanol–water partition coefficient (Wildman–Crippen LogP) is 4.22. The minimum atomic E-state index is -1.43. The van der Waals surface area contributed by atoms with Crippen LogP contribution in [0.15, 0.2) is 133 Å². The molecule has 3 aliphatic rings. The number of benzene rings is 4. The van der Waals surface area contributed by atoms with Crippen molar-refractivity contribution in [1.82, 2.24) is 26.6 Å². The van der Waals surface area contributed by atoms with Crippen molar-refractivity contribution in [2.45, 2.75) is 61.8 Å². The van der Waals surface area contributed by atoms with Gasteiger partial charge >= 0.3 is 5.97 Å². The number of amides is 5. The average molecular weight is 840 g/mol. The van der Waals surface area contributed by atoms with E-state index in [1.807, 2.05) is 66.0 Å². The molecule has 8 rings (SSSR count). The molecule has 312 valence electrons. The van der Waals surface area contributed by atoms with Gasteiger partial charge in [-0.3, -0.25) is 24.0 Å². The Morgan fingerprint density at radius 1 is 0.705 bits per heavy atom. The van der Waals surface area contributed by atoms with Gasteiger partial charge in [0.1, 0.15) is 35.5 Å². The molecular weight excluding hydrogens is 795 g/mol. The fourth-order valence-corrected chi connectivity index (χ4v) is 7.77. The van der Waals surface area contributed by atoms with Crippen molar-refractivity contribution in [3.05, 3.63) is 155 Å². The summed E-state index contributed by atoms with van der Waals surface area (Å²) in [5, 5.41) is 25.5. The van der Waals surface area contributed by atoms with Gasteiger partial charge < -0.3 is 36.4 Å². The number of thiophene rings is 1. The minimum absolute atomic E-state index is 0.00213. The highest BCUT2D eigenvalue weighted by molar-refractivity contribution is 7.11. The lowest BCUT2D eigenvalue weighted by Crippen LogP contribution is -2.60. The largest absolute Gasteiger partial charge is 0.484 e. The number of carbonyl (C=O) groups is 6. The summed E-state index contributed by atoms with van der Waals surface area (Å²) in [5.41, 5.74) is 2.80. The summed E-state index contributed by atoms with van der Waals surface area (Å²) in [6.45, 7) is 3.68. The van der Waals surface area contributed by atoms with E-state index in [2.05, 4.69) is 33.2 Å². The molecule has 5 amide bonds. The third-order valence-electron chi connectivity index (χ3n) is 10.7. The molecule has 0 saturated heterocycles. The highest BCUT2D eigenvalue weighted by Gasteiger charge is 2.52. The first kappa shape index (κ1) is 42.1. The van der Waals surface area contributed by atoms with E-state index >= 15 is 0 Å². The van der Waals surface area contributed by atoms with Crippen molar-refractivity contribution in [2.24, 2.45) is 0 Å². The summed E-state index contributed by atoms with van der Waals surface area (Å²) in [7, 11) is 0. The summed E-state index contributed by atoms with van der Waals surface area (Å²) >= 11 is 1.33. The topological polar surface area (TPSA) is 192 Å². The van der Waals surface area contributed by atoms with Crippen LogP contribution in [-0.4, -0.2) is 76.9 Å². The van der Waals surface area contributed by atoms with Gasteiger partial charge in [0, 0.05) is 24.1 Å². The number of rotatable bonds is 10. The summed E-state index contributed by atoms with van der Waals surface area (Å²) in [4.78, 5) is 83.3. The van der Waals surface area contributed by atoms with E-state index in [4.69, 9.17) is 4.74 Å². The number of carboxylic acid groups (broad SMARTS) is 1. The van der Waals surface area contributed by atoms with Crippen molar-refractivity contribution < 1.29 is 38.6 Å². The van der Waals surface area contributed by atoms with Crippen LogP contribution in [0, 0.1) is 0 Å². The van der Waals surface area contributed by atoms with Gasteiger partial charge in [0.05, 0.1) is 0 Å². The van der Waals surface area contributed by atoms with Gasteiger partial charge in [0.25, 0.3) is 5.91 Å². The first-order valence-electron chi connectivity index (χ1n) is 19.8. The predicted molar refractivity (Wildman–Crippen MR) is 230 cm³/mol. The number of carbonyl (C=O) groups excluding carboxylic acids is 5. The standard InChI is InChI=1S/C47H45N5O8S/c1-29(39-13-8-24-61-39)41-45(57)50-37(26-31-14-18-34(19-15-31)33-11-6-3-7-12-33)43(55)48-36(25-30-9-4-2-5-10-30)42(54)49-38(44(56)52-47(22-23-47)46(58)59)27-32-16-20-35(21-17-32)60-28-40(53)51-41/h2-21,24,36-38,41H,1,22-23,25-28H2,(H,48,55)(H,49,54)(H,50,57)(H,51,53)(H,52,56)(H,58,59). The van der Waals surface area contributed by atoms with Gasteiger partial charge in [0.15, 0.2) is 6.61 Å². The molecule has 1 saturated carbocycles. The molecule has 6 N–H and O–H groups in total. The van der Waals surface area contributed by atoms with Gasteiger partial charge in [-0.15, -0.1) is 11.3 Å². The molecule has 4 aromatic carbocycles. The van der Waals surface area contributed by atoms with E-state index in [0.717, 1.165) is 11.1 Å². The third-order valence-corrected chi connectivity index (χ3v) is 11.6. The monoisotopic (exact) mass is 839 g/mol. The Morgan fingerprint density at radius 3 is 1.90 bits per heavy atom. The van der Waals surface area contributed by atoms with E-state index in [-0.39, 0.29) is 32.1 Å². The number of aliphatic carboxylic acids is 1. The fraction of sp³-hybridized carbons (Fsp3) is 0.234. The normalized spacial score (nSPS) is 20.5. The van der Waals surface area contributed by atoms with Crippen molar-refractivity contribution in [3.63, 3.8) is 0 Å². The van der Waals surface area contributed by atoms with E-state index in [1.165, 1.54) is 11.3 Å². The smallest absolute Gasteiger partial charge is 0.329 e. The maximum atomic E-state index is 14.6. The Morgan fingerprint density at radius 2 is 1.30 bits per heavy atom. The van der Waals surface area contributed by atoms with Crippen LogP contribution in [0.3, 0.4) is 0 Å². The molecule has 1 fully saturated rings. The van der Waals surface area contributed by atoms with E-state index < -0.39 is 71.8 Å². The molecule has 3 heterocycles. The Kier molecular flexibility index (Phi) is 13.0. The SMILES string of the molecule is C=C(c1cccs1)C1NC(=O)COc2ccc(cc2)CC(C(=O)NC2(C(=O)O)CC2)NC(=O)C(Cc2ccccc2)NC(=O)C(Cc2ccc(-c3ccccc3)cc2)NC1=O. The number of fused-ring (bicyclic) bond motifs is 16. The number of hydrogen-bond donors (Lipinski definition) is 6. The molecule has 0 radical (unpaired) electrons. The highest BCUT2D eigenvalue weighted by Crippen LogP contribution is 2.35. The maximum absolute atomic E-state index is 14.6. The van der Waals surface area contributed by atoms with Crippen molar-refractivity contribution in [3.8, 4) is 16.9 Å². The lowest BCUT2D eigenvalue weighted by atomic mass is 9.98. The average Bonchev–Trinajstić information content (AvgIpc) is 3.85. The van der Waals surface area contributed by atoms with Gasteiger partial charge in [-0.1, -0.05) is 110 Å². The van der Waals surface area contributed by atoms with Crippen molar-refractivity contribution in [2.75, 3.05) is 6.61 Å².